The van der Waals surface area contributed by atoms with Gasteiger partial charge < -0.3 is 5.11 Å². The topological polar surface area (TPSA) is 79.0 Å². The summed E-state index contributed by atoms with van der Waals surface area (Å²) in [7, 11) is 0. The van der Waals surface area contributed by atoms with Gasteiger partial charge in [-0.05, 0) is 23.3 Å². The molecular weight excluding hydrogens is 302 g/mol. The number of aromatic nitrogens is 2. The maximum Gasteiger partial charge on any atom is 0.305 e. The number of nitrogens with one attached hydrogen (secondary N) is 1. The fraction of sp³-hybridized carbons (Fsp3) is 0.105. The first-order valence-electron chi connectivity index (χ1n) is 7.64. The van der Waals surface area contributed by atoms with Crippen LogP contribution >= 0.6 is 0 Å². The molecule has 1 heterocycles. The minimum atomic E-state index is -0.902. The minimum absolute atomic E-state index is 0.0556. The van der Waals surface area contributed by atoms with E-state index in [2.05, 4.69) is 17.2 Å². The average molecular weight is 319 g/mol. The van der Waals surface area contributed by atoms with Crippen molar-refractivity contribution in [2.45, 2.75) is 13.0 Å². The van der Waals surface area contributed by atoms with Gasteiger partial charge in [0.15, 0.2) is 0 Å². The zero-order valence-electron chi connectivity index (χ0n) is 13.0. The van der Waals surface area contributed by atoms with Crippen LogP contribution in [0.15, 0.2) is 66.7 Å². The van der Waals surface area contributed by atoms with E-state index in [0.717, 1.165) is 22.4 Å². The molecule has 0 saturated heterocycles. The third-order valence-corrected chi connectivity index (χ3v) is 3.73. The van der Waals surface area contributed by atoms with Crippen molar-refractivity contribution in [1.29, 1.82) is 5.41 Å². The number of aliphatic carboxylic acids is 1. The fourth-order valence-corrected chi connectivity index (χ4v) is 2.45. The summed E-state index contributed by atoms with van der Waals surface area (Å²) < 4.78 is 1.41. The Morgan fingerprint density at radius 3 is 2.21 bits per heavy atom. The Labute approximate surface area is 139 Å². The van der Waals surface area contributed by atoms with Gasteiger partial charge >= 0.3 is 5.97 Å². The van der Waals surface area contributed by atoms with E-state index in [1.165, 1.54) is 4.68 Å². The lowest BCUT2D eigenvalue weighted by molar-refractivity contribution is -0.137. The maximum absolute atomic E-state index is 10.7. The summed E-state index contributed by atoms with van der Waals surface area (Å²) >= 11 is 0. The van der Waals surface area contributed by atoms with Gasteiger partial charge in [-0.25, -0.2) is 4.68 Å². The summed E-state index contributed by atoms with van der Waals surface area (Å²) in [4.78, 5) is 10.7. The van der Waals surface area contributed by atoms with Crippen LogP contribution in [-0.4, -0.2) is 20.9 Å². The third-order valence-electron chi connectivity index (χ3n) is 3.73. The predicted octanol–water partition coefficient (Wildman–Crippen LogP) is 3.17. The van der Waals surface area contributed by atoms with Gasteiger partial charge in [-0.15, -0.1) is 0 Å². The second kappa shape index (κ2) is 6.91. The molecule has 0 aliphatic carbocycles. The van der Waals surface area contributed by atoms with Crippen LogP contribution in [0.3, 0.4) is 0 Å². The fourth-order valence-electron chi connectivity index (χ4n) is 2.45. The van der Waals surface area contributed by atoms with Gasteiger partial charge in [-0.1, -0.05) is 54.6 Å². The van der Waals surface area contributed by atoms with E-state index in [1.807, 2.05) is 42.5 Å². The molecule has 2 N–H and O–H groups in total. The second-order valence-corrected chi connectivity index (χ2v) is 5.41. The first kappa shape index (κ1) is 15.7. The molecule has 0 saturated carbocycles. The Balaban J connectivity index is 1.88. The molecule has 1 aromatic heterocycles. The number of benzene rings is 2. The van der Waals surface area contributed by atoms with E-state index in [9.17, 15) is 4.79 Å². The molecule has 24 heavy (non-hydrogen) atoms. The van der Waals surface area contributed by atoms with Gasteiger partial charge in [0, 0.05) is 5.56 Å². The molecule has 3 aromatic rings. The van der Waals surface area contributed by atoms with Crippen LogP contribution in [0.25, 0.3) is 22.4 Å². The molecule has 0 spiro atoms. The molecule has 0 radical (unpaired) electrons. The van der Waals surface area contributed by atoms with Crippen LogP contribution in [-0.2, 0) is 11.3 Å². The lowest BCUT2D eigenvalue weighted by atomic mass is 10.0. The van der Waals surface area contributed by atoms with Gasteiger partial charge in [0.2, 0.25) is 0 Å². The number of carboxylic acid groups (broad SMARTS) is 1. The summed E-state index contributed by atoms with van der Waals surface area (Å²) in [6.07, 6.45) is -0.0556. The van der Waals surface area contributed by atoms with Gasteiger partial charge in [0.1, 0.15) is 5.49 Å². The highest BCUT2D eigenvalue weighted by atomic mass is 16.4. The Kier molecular flexibility index (Phi) is 4.52. The Bertz CT molecular complexity index is 900. The highest BCUT2D eigenvalue weighted by Gasteiger charge is 2.05. The number of nitrogens with zero attached hydrogens (tertiary/aromatic N) is 2. The van der Waals surface area contributed by atoms with Crippen molar-refractivity contribution in [2.75, 3.05) is 0 Å². The summed E-state index contributed by atoms with van der Waals surface area (Å²) in [5, 5.41) is 21.0. The lowest BCUT2D eigenvalue weighted by Crippen LogP contribution is -2.23. The molecule has 3 rings (SSSR count). The molecule has 0 amide bonds. The number of carboxylic acids is 1. The molecule has 0 fully saturated rings. The van der Waals surface area contributed by atoms with Crippen LogP contribution in [0.4, 0.5) is 0 Å². The molecule has 0 atom stereocenters. The largest absolute Gasteiger partial charge is 0.481 e. The van der Waals surface area contributed by atoms with Crippen molar-refractivity contribution in [3.8, 4) is 22.4 Å². The molecule has 0 aliphatic heterocycles. The van der Waals surface area contributed by atoms with E-state index < -0.39 is 5.97 Å². The number of rotatable bonds is 5. The van der Waals surface area contributed by atoms with Crippen molar-refractivity contribution in [1.82, 2.24) is 9.78 Å². The molecule has 0 aliphatic rings. The second-order valence-electron chi connectivity index (χ2n) is 5.41. The number of aryl methyl sites for hydroxylation is 1. The normalized spacial score (nSPS) is 10.5. The van der Waals surface area contributed by atoms with Crippen LogP contribution in [0.5, 0.6) is 0 Å². The number of hydrogen-bond donors (Lipinski definition) is 2. The quantitative estimate of drug-likeness (QED) is 0.758. The van der Waals surface area contributed by atoms with E-state index in [-0.39, 0.29) is 18.5 Å². The minimum Gasteiger partial charge on any atom is -0.481 e. The lowest BCUT2D eigenvalue weighted by Gasteiger charge is -2.08. The van der Waals surface area contributed by atoms with Crippen molar-refractivity contribution in [2.24, 2.45) is 0 Å². The van der Waals surface area contributed by atoms with Gasteiger partial charge in [0.05, 0.1) is 18.7 Å². The van der Waals surface area contributed by atoms with E-state index in [1.54, 1.807) is 12.1 Å². The van der Waals surface area contributed by atoms with Crippen molar-refractivity contribution in [3.63, 3.8) is 0 Å². The molecule has 0 unspecified atom stereocenters. The monoisotopic (exact) mass is 319 g/mol. The zero-order valence-corrected chi connectivity index (χ0v) is 13.0. The third kappa shape index (κ3) is 3.57. The smallest absolute Gasteiger partial charge is 0.305 e. The van der Waals surface area contributed by atoms with E-state index >= 15 is 0 Å². The number of carbonyl (C=O) groups is 1. The molecular formula is C19H17N3O2. The zero-order chi connectivity index (χ0) is 16.9. The highest BCUT2D eigenvalue weighted by molar-refractivity contribution is 5.68. The van der Waals surface area contributed by atoms with Gasteiger partial charge in [-0.2, -0.15) is 5.10 Å². The maximum atomic E-state index is 10.7. The summed E-state index contributed by atoms with van der Waals surface area (Å²) in [5.41, 5.74) is 4.11. The van der Waals surface area contributed by atoms with Crippen molar-refractivity contribution in [3.05, 3.63) is 72.2 Å². The summed E-state index contributed by atoms with van der Waals surface area (Å²) in [6, 6.07) is 21.5. The van der Waals surface area contributed by atoms with Crippen molar-refractivity contribution >= 4 is 5.97 Å². The van der Waals surface area contributed by atoms with E-state index in [4.69, 9.17) is 10.5 Å². The highest BCUT2D eigenvalue weighted by Crippen LogP contribution is 2.23. The summed E-state index contributed by atoms with van der Waals surface area (Å²) in [6.45, 7) is 0.185. The molecule has 5 heteroatoms. The summed E-state index contributed by atoms with van der Waals surface area (Å²) in [5.74, 6) is -0.902. The Hall–Kier alpha value is -3.21. The number of hydrogen-bond acceptors (Lipinski definition) is 3. The van der Waals surface area contributed by atoms with Crippen molar-refractivity contribution < 1.29 is 9.90 Å². The van der Waals surface area contributed by atoms with Gasteiger partial charge in [0.25, 0.3) is 0 Å². The average Bonchev–Trinajstić information content (AvgIpc) is 2.62. The first-order valence-corrected chi connectivity index (χ1v) is 7.64. The first-order chi connectivity index (χ1) is 11.6. The molecule has 120 valence electrons. The van der Waals surface area contributed by atoms with Crippen LogP contribution in [0.2, 0.25) is 0 Å². The Morgan fingerprint density at radius 1 is 0.917 bits per heavy atom. The SMILES string of the molecule is N=c1ccc(-c2ccc(-c3ccccc3)cc2)nn1CCC(=O)O. The van der Waals surface area contributed by atoms with Crippen LogP contribution in [0, 0.1) is 5.41 Å². The Morgan fingerprint density at radius 2 is 1.54 bits per heavy atom. The molecule has 5 nitrogen and oxygen atoms in total. The molecule has 2 aromatic carbocycles. The van der Waals surface area contributed by atoms with E-state index in [0.29, 0.717) is 0 Å². The van der Waals surface area contributed by atoms with Crippen LogP contribution in [0.1, 0.15) is 6.42 Å². The molecule has 0 bridgehead atoms. The van der Waals surface area contributed by atoms with Gasteiger partial charge in [-0.3, -0.25) is 10.2 Å². The predicted molar refractivity (Wildman–Crippen MR) is 91.2 cm³/mol. The standard InChI is InChI=1S/C19H17N3O2/c20-18-11-10-17(21-22(18)13-12-19(23)24)16-8-6-15(7-9-16)14-4-2-1-3-5-14/h1-11,20H,12-13H2,(H,23,24). The van der Waals surface area contributed by atoms with Crippen LogP contribution < -0.4 is 5.49 Å².